The number of aliphatic hydroxyl groups excluding tert-OH is 1. The van der Waals surface area contributed by atoms with Gasteiger partial charge in [-0.15, -0.1) is 11.8 Å². The Morgan fingerprint density at radius 2 is 1.69 bits per heavy atom. The van der Waals surface area contributed by atoms with Crippen LogP contribution in [0.2, 0.25) is 0 Å². The zero-order chi connectivity index (χ0) is 27.4. The lowest BCUT2D eigenvalue weighted by Gasteiger charge is -2.35. The topological polar surface area (TPSA) is 136 Å². The molecule has 36 heavy (non-hydrogen) atoms. The highest BCUT2D eigenvalue weighted by Crippen LogP contribution is 2.40. The molecule has 10 heteroatoms. The molecule has 2 unspecified atom stereocenters. The van der Waals surface area contributed by atoms with Crippen LogP contribution in [0, 0.1) is 11.8 Å². The van der Waals surface area contributed by atoms with Gasteiger partial charge in [0.25, 0.3) is 5.91 Å². The summed E-state index contributed by atoms with van der Waals surface area (Å²) in [7, 11) is 0. The highest BCUT2D eigenvalue weighted by atomic mass is 32.2. The zero-order valence-electron chi connectivity index (χ0n) is 22.1. The van der Waals surface area contributed by atoms with Crippen molar-refractivity contribution in [2.75, 3.05) is 5.88 Å². The largest absolute Gasteiger partial charge is 0.481 e. The van der Waals surface area contributed by atoms with Gasteiger partial charge < -0.3 is 25.7 Å². The minimum Gasteiger partial charge on any atom is -0.481 e. The Balaban J connectivity index is 2.32. The van der Waals surface area contributed by atoms with Crippen LogP contribution >= 0.6 is 11.8 Å². The minimum absolute atomic E-state index is 0.150. The van der Waals surface area contributed by atoms with Crippen LogP contribution in [0.1, 0.15) is 54.0 Å². The number of amides is 3. The van der Waals surface area contributed by atoms with Crippen molar-refractivity contribution in [3.8, 4) is 0 Å². The highest BCUT2D eigenvalue weighted by molar-refractivity contribution is 8.00. The molecule has 1 heterocycles. The molecule has 200 valence electrons. The molecule has 1 saturated heterocycles. The normalized spacial score (nSPS) is 20.7. The van der Waals surface area contributed by atoms with E-state index in [1.165, 1.54) is 30.5 Å². The second kappa shape index (κ2) is 11.6. The van der Waals surface area contributed by atoms with E-state index in [2.05, 4.69) is 10.6 Å². The molecule has 2 rings (SSSR count). The standard InChI is InChI=1S/C26H39N3O6S/c1-15(16(2)24(34)35)21(31)27-18(13-17-11-9-8-10-12-17)19(30)23(33)29-14-36-26(6,7)20(29)22(32)28-25(3,4)5/h8-12,15-16,18-20,30H,13-14H2,1-7H3,(H,27,31)(H,28,32)(H,34,35)/t15?,16?,18-,19-,20+/m0/s1. The summed E-state index contributed by atoms with van der Waals surface area (Å²) in [4.78, 5) is 52.4. The van der Waals surface area contributed by atoms with Crippen molar-refractivity contribution in [1.29, 1.82) is 0 Å². The first-order valence-corrected chi connectivity index (χ1v) is 13.1. The van der Waals surface area contributed by atoms with E-state index in [1.54, 1.807) is 0 Å². The van der Waals surface area contributed by atoms with E-state index in [4.69, 9.17) is 0 Å². The molecule has 1 fully saturated rings. The number of hydrogen-bond acceptors (Lipinski definition) is 6. The number of aliphatic hydroxyl groups is 1. The summed E-state index contributed by atoms with van der Waals surface area (Å²) in [6.07, 6.45) is -1.49. The first-order chi connectivity index (χ1) is 16.5. The van der Waals surface area contributed by atoms with E-state index in [0.717, 1.165) is 5.56 Å². The van der Waals surface area contributed by atoms with Gasteiger partial charge in [-0.25, -0.2) is 0 Å². The maximum Gasteiger partial charge on any atom is 0.307 e. The summed E-state index contributed by atoms with van der Waals surface area (Å²) in [5.41, 5.74) is 0.279. The van der Waals surface area contributed by atoms with E-state index >= 15 is 0 Å². The summed E-state index contributed by atoms with van der Waals surface area (Å²) in [5, 5.41) is 26.1. The van der Waals surface area contributed by atoms with Gasteiger partial charge in [-0.3, -0.25) is 19.2 Å². The molecule has 0 spiro atoms. The molecule has 0 bridgehead atoms. The summed E-state index contributed by atoms with van der Waals surface area (Å²) in [6.45, 7) is 12.2. The Bertz CT molecular complexity index is 962. The van der Waals surface area contributed by atoms with Crippen LogP contribution in [0.4, 0.5) is 0 Å². The number of thioether (sulfide) groups is 1. The van der Waals surface area contributed by atoms with Gasteiger partial charge in [-0.1, -0.05) is 44.2 Å². The molecule has 0 aromatic heterocycles. The SMILES string of the molecule is CC(C(=O)O)C(C)C(=O)N[C@@H](Cc1ccccc1)[C@H](O)C(=O)N1CSC(C)(C)[C@H]1C(=O)NC(C)(C)C. The molecule has 0 aliphatic carbocycles. The number of carbonyl (C=O) groups excluding carboxylic acids is 3. The van der Waals surface area contributed by atoms with Gasteiger partial charge in [-0.2, -0.15) is 0 Å². The van der Waals surface area contributed by atoms with E-state index in [1.807, 2.05) is 65.0 Å². The van der Waals surface area contributed by atoms with Gasteiger partial charge in [0, 0.05) is 16.2 Å². The van der Waals surface area contributed by atoms with Crippen LogP contribution in [-0.4, -0.2) is 73.2 Å². The van der Waals surface area contributed by atoms with Crippen LogP contribution in [0.5, 0.6) is 0 Å². The number of nitrogens with one attached hydrogen (secondary N) is 2. The molecule has 1 aliphatic rings. The van der Waals surface area contributed by atoms with Gasteiger partial charge in [-0.05, 0) is 46.6 Å². The lowest BCUT2D eigenvalue weighted by Crippen LogP contribution is -2.60. The van der Waals surface area contributed by atoms with Crippen molar-refractivity contribution in [3.05, 3.63) is 35.9 Å². The van der Waals surface area contributed by atoms with Gasteiger partial charge in [0.1, 0.15) is 6.04 Å². The smallest absolute Gasteiger partial charge is 0.307 e. The maximum atomic E-state index is 13.6. The summed E-state index contributed by atoms with van der Waals surface area (Å²) in [5.74, 6) is -4.28. The van der Waals surface area contributed by atoms with Crippen LogP contribution in [0.3, 0.4) is 0 Å². The lowest BCUT2D eigenvalue weighted by atomic mass is 9.93. The number of carbonyl (C=O) groups is 4. The molecule has 1 aliphatic heterocycles. The van der Waals surface area contributed by atoms with Gasteiger partial charge in [0.15, 0.2) is 6.10 Å². The van der Waals surface area contributed by atoms with Crippen LogP contribution in [0.25, 0.3) is 0 Å². The highest BCUT2D eigenvalue weighted by Gasteiger charge is 2.50. The van der Waals surface area contributed by atoms with E-state index in [0.29, 0.717) is 0 Å². The van der Waals surface area contributed by atoms with Crippen molar-refractivity contribution < 1.29 is 29.4 Å². The number of hydrogen-bond donors (Lipinski definition) is 4. The Hall–Kier alpha value is -2.59. The fourth-order valence-electron chi connectivity index (χ4n) is 4.06. The third kappa shape index (κ3) is 7.46. The predicted molar refractivity (Wildman–Crippen MR) is 139 cm³/mol. The van der Waals surface area contributed by atoms with Crippen molar-refractivity contribution >= 4 is 35.5 Å². The zero-order valence-corrected chi connectivity index (χ0v) is 22.9. The Morgan fingerprint density at radius 1 is 1.11 bits per heavy atom. The molecular weight excluding hydrogens is 482 g/mol. The van der Waals surface area contributed by atoms with E-state index in [-0.39, 0.29) is 18.2 Å². The lowest BCUT2D eigenvalue weighted by molar-refractivity contribution is -0.149. The fourth-order valence-corrected chi connectivity index (χ4v) is 5.20. The third-order valence-corrected chi connectivity index (χ3v) is 7.76. The Morgan fingerprint density at radius 3 is 2.22 bits per heavy atom. The summed E-state index contributed by atoms with van der Waals surface area (Å²) < 4.78 is -0.589. The van der Waals surface area contributed by atoms with Crippen molar-refractivity contribution in [1.82, 2.24) is 15.5 Å². The van der Waals surface area contributed by atoms with Crippen LogP contribution in [-0.2, 0) is 25.6 Å². The molecule has 5 atom stereocenters. The Labute approximate surface area is 217 Å². The fraction of sp³-hybridized carbons (Fsp3) is 0.615. The Kier molecular flexibility index (Phi) is 9.58. The molecule has 1 aromatic carbocycles. The molecule has 0 saturated carbocycles. The molecule has 4 N–H and O–H groups in total. The first kappa shape index (κ1) is 29.6. The van der Waals surface area contributed by atoms with Crippen LogP contribution in [0.15, 0.2) is 30.3 Å². The number of carboxylic acids is 1. The monoisotopic (exact) mass is 521 g/mol. The second-order valence-electron chi connectivity index (χ2n) is 11.0. The van der Waals surface area contributed by atoms with Crippen molar-refractivity contribution in [2.45, 2.75) is 83.4 Å². The summed E-state index contributed by atoms with van der Waals surface area (Å²) >= 11 is 1.44. The van der Waals surface area contributed by atoms with Gasteiger partial charge in [0.05, 0.1) is 17.8 Å². The van der Waals surface area contributed by atoms with Crippen molar-refractivity contribution in [3.63, 3.8) is 0 Å². The van der Waals surface area contributed by atoms with E-state index in [9.17, 15) is 29.4 Å². The summed E-state index contributed by atoms with van der Waals surface area (Å²) in [6, 6.07) is 7.24. The number of nitrogens with zero attached hydrogens (tertiary/aromatic N) is 1. The quantitative estimate of drug-likeness (QED) is 0.390. The average molecular weight is 522 g/mol. The molecular formula is C26H39N3O6S. The molecule has 1 aromatic rings. The number of rotatable bonds is 9. The molecule has 0 radical (unpaired) electrons. The maximum absolute atomic E-state index is 13.6. The molecule has 3 amide bonds. The minimum atomic E-state index is -1.64. The average Bonchev–Trinajstić information content (AvgIpc) is 3.10. The number of aliphatic carboxylic acids is 1. The number of benzene rings is 1. The van der Waals surface area contributed by atoms with Gasteiger partial charge in [0.2, 0.25) is 11.8 Å². The van der Waals surface area contributed by atoms with E-state index < -0.39 is 58.1 Å². The third-order valence-electron chi connectivity index (χ3n) is 6.39. The van der Waals surface area contributed by atoms with Crippen molar-refractivity contribution in [2.24, 2.45) is 11.8 Å². The predicted octanol–water partition coefficient (Wildman–Crippen LogP) is 2.03. The van der Waals surface area contributed by atoms with Crippen LogP contribution < -0.4 is 10.6 Å². The second-order valence-corrected chi connectivity index (χ2v) is 12.6. The van der Waals surface area contributed by atoms with Gasteiger partial charge >= 0.3 is 5.97 Å². The molecule has 9 nitrogen and oxygen atoms in total. The first-order valence-electron chi connectivity index (χ1n) is 12.1. The number of carboxylic acid groups (broad SMARTS) is 1.